The van der Waals surface area contributed by atoms with E-state index in [9.17, 15) is 0 Å². The second kappa shape index (κ2) is 12.3. The van der Waals surface area contributed by atoms with E-state index in [-0.39, 0.29) is 16.2 Å². The first-order valence-corrected chi connectivity index (χ1v) is 18.1. The molecule has 0 unspecified atom stereocenters. The Morgan fingerprint density at radius 1 is 0.735 bits per heavy atom. The van der Waals surface area contributed by atoms with E-state index in [1.165, 1.54) is 16.7 Å². The van der Waals surface area contributed by atoms with Gasteiger partial charge in [-0.25, -0.2) is 0 Å². The Hall–Kier alpha value is -4.21. The van der Waals surface area contributed by atoms with E-state index in [1.54, 1.807) is 0 Å². The molecule has 254 valence electrons. The molecule has 0 aliphatic carbocycles. The molecular formula is C43H44N4OPt-2. The van der Waals surface area contributed by atoms with Crippen molar-refractivity contribution in [3.8, 4) is 22.9 Å². The molecule has 0 saturated carbocycles. The fourth-order valence-corrected chi connectivity index (χ4v) is 7.74. The van der Waals surface area contributed by atoms with Gasteiger partial charge in [-0.1, -0.05) is 20.8 Å². The number of pyridine rings is 1. The number of rotatable bonds is 5. The molecule has 49 heavy (non-hydrogen) atoms. The van der Waals surface area contributed by atoms with Crippen LogP contribution in [0.4, 0.5) is 11.5 Å². The van der Waals surface area contributed by atoms with Gasteiger partial charge in [0.1, 0.15) is 0 Å². The third kappa shape index (κ3) is 6.34. The summed E-state index contributed by atoms with van der Waals surface area (Å²) in [7, 11) is 0. The first kappa shape index (κ1) is 33.3. The van der Waals surface area contributed by atoms with Crippen LogP contribution in [0.1, 0.15) is 78.5 Å². The molecule has 3 heterocycles. The number of hydrogen-bond donors (Lipinski definition) is 0. The minimum atomic E-state index is 0.0171. The Bertz CT molecular complexity index is 2230. The first-order valence-electron chi connectivity index (χ1n) is 17.0. The molecule has 6 heteroatoms. The third-order valence-corrected chi connectivity index (χ3v) is 10.7. The Balaban J connectivity index is 1.26. The standard InChI is InChI=1S/C43H44N4O.Pt/c1-41(2,3)30-16-18-32(19-17-30)46-29-47(38-15-10-9-14-37(38)46)33-12-11-13-34(27-33)48-35-20-21-36-39(28-35)45(25-23-43(36,7)8)40-26-31(22-24-44-40)42(4,5)6;/h9-22,24,26H,23,25H2,1-8H3;/q-2;. The van der Waals surface area contributed by atoms with Crippen molar-refractivity contribution in [2.75, 3.05) is 11.4 Å². The van der Waals surface area contributed by atoms with Crippen LogP contribution in [0, 0.1) is 15.9 Å². The number of para-hydroxylation sites is 2. The molecule has 0 amide bonds. The molecule has 0 N–H and O–H groups in total. The number of ether oxygens (including phenoxy) is 1. The zero-order chi connectivity index (χ0) is 34.7. The molecule has 0 atom stereocenters. The van der Waals surface area contributed by atoms with Crippen LogP contribution >= 0.6 is 0 Å². The van der Waals surface area contributed by atoms with E-state index in [0.29, 0.717) is 11.5 Å². The number of anilines is 2. The number of hydrogen-bond acceptors (Lipinski definition) is 3. The summed E-state index contributed by atoms with van der Waals surface area (Å²) < 4.78 is 12.2. The number of aromatic nitrogens is 3. The van der Waals surface area contributed by atoms with Crippen molar-refractivity contribution in [1.82, 2.24) is 14.1 Å². The van der Waals surface area contributed by atoms with Gasteiger partial charge >= 0.3 is 259 Å². The monoisotopic (exact) mass is 827 g/mol. The van der Waals surface area contributed by atoms with Gasteiger partial charge in [0.05, 0.1) is 0 Å². The van der Waals surface area contributed by atoms with Crippen LogP contribution in [0.2, 0.25) is 0 Å². The molecule has 2 aromatic heterocycles. The second-order valence-corrected chi connectivity index (χ2v) is 16.7. The SMILES string of the molecule is CC(C)(C)c1ccc(-n2[c](=[Pt])n(-c3[c-]c(Oc4[c-]c5c(cc4)C(C)(C)CCN5c4cc(C(C)(C)C)ccn4)ccc3)c3ccccc32)cc1. The molecular weight excluding hydrogens is 784 g/mol. The van der Waals surface area contributed by atoms with Crippen LogP contribution < -0.4 is 9.64 Å². The summed E-state index contributed by atoms with van der Waals surface area (Å²) >= 11 is 2.43. The normalized spacial score (nSPS) is 14.6. The zero-order valence-corrected chi connectivity index (χ0v) is 31.9. The third-order valence-electron chi connectivity index (χ3n) is 9.66. The fraction of sp³-hybridized carbons (Fsp3) is 0.302. The van der Waals surface area contributed by atoms with Crippen LogP contribution in [0.15, 0.2) is 97.2 Å². The van der Waals surface area contributed by atoms with Crippen LogP contribution in [-0.4, -0.2) is 20.7 Å². The molecule has 5 nitrogen and oxygen atoms in total. The van der Waals surface area contributed by atoms with Gasteiger partial charge < -0.3 is 0 Å². The van der Waals surface area contributed by atoms with Crippen LogP contribution in [0.5, 0.6) is 11.5 Å². The molecule has 0 bridgehead atoms. The summed E-state index contributed by atoms with van der Waals surface area (Å²) in [5, 5.41) is 0. The van der Waals surface area contributed by atoms with Gasteiger partial charge in [0.25, 0.3) is 0 Å². The van der Waals surface area contributed by atoms with E-state index in [1.807, 2.05) is 24.4 Å². The molecule has 0 saturated heterocycles. The van der Waals surface area contributed by atoms with Crippen LogP contribution in [0.25, 0.3) is 22.4 Å². The Morgan fingerprint density at radius 2 is 1.41 bits per heavy atom. The van der Waals surface area contributed by atoms with Crippen molar-refractivity contribution in [3.05, 3.63) is 130 Å². The van der Waals surface area contributed by atoms with Gasteiger partial charge in [-0.05, 0) is 17.0 Å². The number of imidazole rings is 1. The van der Waals surface area contributed by atoms with E-state index in [4.69, 9.17) is 9.72 Å². The van der Waals surface area contributed by atoms with E-state index < -0.39 is 0 Å². The summed E-state index contributed by atoms with van der Waals surface area (Å²) in [6.07, 6.45) is 2.95. The molecule has 0 spiro atoms. The van der Waals surface area contributed by atoms with Crippen molar-refractivity contribution >= 4 is 22.5 Å². The van der Waals surface area contributed by atoms with Gasteiger partial charge in [0, 0.05) is 6.20 Å². The molecule has 7 rings (SSSR count). The van der Waals surface area contributed by atoms with Crippen molar-refractivity contribution in [2.45, 2.75) is 78.1 Å². The molecule has 4 aromatic carbocycles. The molecule has 1 aliphatic heterocycles. The minimum absolute atomic E-state index is 0.0171. The number of benzene rings is 4. The average molecular weight is 828 g/mol. The van der Waals surface area contributed by atoms with Crippen molar-refractivity contribution in [2.24, 2.45) is 0 Å². The average Bonchev–Trinajstić information content (AvgIpc) is 3.35. The fourth-order valence-electron chi connectivity index (χ4n) is 6.62. The van der Waals surface area contributed by atoms with Gasteiger partial charge in [0.2, 0.25) is 0 Å². The van der Waals surface area contributed by atoms with E-state index >= 15 is 0 Å². The zero-order valence-electron chi connectivity index (χ0n) is 29.7. The molecule has 0 fully saturated rings. The summed E-state index contributed by atoms with van der Waals surface area (Å²) in [4.78, 5) is 7.10. The van der Waals surface area contributed by atoms with Gasteiger partial charge in [0.15, 0.2) is 0 Å². The van der Waals surface area contributed by atoms with Gasteiger partial charge in [-0.3, -0.25) is 0 Å². The van der Waals surface area contributed by atoms with E-state index in [0.717, 1.165) is 50.7 Å². The maximum absolute atomic E-state index is 6.54. The van der Waals surface area contributed by atoms with Gasteiger partial charge in [-0.2, -0.15) is 0 Å². The van der Waals surface area contributed by atoms with Crippen molar-refractivity contribution in [3.63, 3.8) is 0 Å². The predicted molar refractivity (Wildman–Crippen MR) is 196 cm³/mol. The topological polar surface area (TPSA) is 35.2 Å². The Morgan fingerprint density at radius 3 is 2.10 bits per heavy atom. The quantitative estimate of drug-likeness (QED) is 0.162. The van der Waals surface area contributed by atoms with Crippen molar-refractivity contribution in [1.29, 1.82) is 0 Å². The van der Waals surface area contributed by atoms with Crippen LogP contribution in [-0.2, 0) is 35.6 Å². The Kier molecular flexibility index (Phi) is 8.35. The van der Waals surface area contributed by atoms with E-state index in [2.05, 4.69) is 174 Å². The second-order valence-electron chi connectivity index (χ2n) is 15.7. The summed E-state index contributed by atoms with van der Waals surface area (Å²) in [5.74, 6) is 2.24. The Labute approximate surface area is 301 Å². The summed E-state index contributed by atoms with van der Waals surface area (Å²) in [6, 6.07) is 39.3. The van der Waals surface area contributed by atoms with Gasteiger partial charge in [-0.15, -0.1) is 0 Å². The number of fused-ring (bicyclic) bond motifs is 2. The summed E-state index contributed by atoms with van der Waals surface area (Å²) in [5.41, 5.74) is 9.26. The molecule has 1 aliphatic rings. The first-order chi connectivity index (χ1) is 23.2. The predicted octanol–water partition coefficient (Wildman–Crippen LogP) is 10.7. The molecule has 0 radical (unpaired) electrons. The van der Waals surface area contributed by atoms with Crippen LogP contribution in [0.3, 0.4) is 0 Å². The maximum atomic E-state index is 6.54. The number of nitrogens with zero attached hydrogens (tertiary/aromatic N) is 4. The van der Waals surface area contributed by atoms with Crippen molar-refractivity contribution < 1.29 is 24.1 Å². The summed E-state index contributed by atoms with van der Waals surface area (Å²) in [6.45, 7) is 18.9. The molecule has 6 aromatic rings.